The molecule has 0 unspecified atom stereocenters. The van der Waals surface area contributed by atoms with E-state index in [9.17, 15) is 4.39 Å². The number of halogens is 1. The van der Waals surface area contributed by atoms with Crippen molar-refractivity contribution >= 4 is 20.5 Å². The van der Waals surface area contributed by atoms with E-state index in [4.69, 9.17) is 4.74 Å². The normalized spacial score (nSPS) is 11.2. The van der Waals surface area contributed by atoms with Crippen LogP contribution in [0.25, 0.3) is 5.70 Å². The van der Waals surface area contributed by atoms with Gasteiger partial charge in [0, 0.05) is 5.69 Å². The summed E-state index contributed by atoms with van der Waals surface area (Å²) in [5, 5.41) is 4.61. The fourth-order valence-electron chi connectivity index (χ4n) is 2.94. The molecule has 0 bridgehead atoms. The number of aliphatic imine (C=N–C) groups is 1. The first kappa shape index (κ1) is 25.5. The number of methoxy groups -OCH3 is 1. The van der Waals surface area contributed by atoms with Gasteiger partial charge in [-0.3, -0.25) is 9.67 Å². The van der Waals surface area contributed by atoms with Crippen molar-refractivity contribution in [2.24, 2.45) is 4.99 Å². The SMILES string of the molecule is C=C(N=Cc1cc(C)n(Cc2ccc(OC)cc2)n1)c1ccc(C(C)(C)F)cc1.CPC. The van der Waals surface area contributed by atoms with Gasteiger partial charge in [0.15, 0.2) is 0 Å². The van der Waals surface area contributed by atoms with Crippen LogP contribution in [0.5, 0.6) is 5.75 Å². The molecule has 0 aliphatic rings. The summed E-state index contributed by atoms with van der Waals surface area (Å²) in [7, 11) is 2.74. The summed E-state index contributed by atoms with van der Waals surface area (Å²) >= 11 is 0. The summed E-state index contributed by atoms with van der Waals surface area (Å²) in [6, 6.07) is 17.1. The Kier molecular flexibility index (Phi) is 9.34. The number of benzene rings is 2. The van der Waals surface area contributed by atoms with Crippen molar-refractivity contribution in [3.8, 4) is 5.75 Å². The first-order valence-electron chi connectivity index (χ1n) is 10.5. The van der Waals surface area contributed by atoms with Crippen LogP contribution in [-0.4, -0.2) is 36.4 Å². The number of nitrogens with zero attached hydrogens (tertiary/aromatic N) is 3. The number of hydrogen-bond acceptors (Lipinski definition) is 3. The molecule has 4 nitrogen and oxygen atoms in total. The van der Waals surface area contributed by atoms with E-state index in [2.05, 4.69) is 30.0 Å². The van der Waals surface area contributed by atoms with Crippen molar-refractivity contribution in [3.63, 3.8) is 0 Å². The summed E-state index contributed by atoms with van der Waals surface area (Å²) < 4.78 is 21.1. The molecule has 1 heterocycles. The van der Waals surface area contributed by atoms with Crippen LogP contribution in [0.1, 0.15) is 41.9 Å². The van der Waals surface area contributed by atoms with Crippen LogP contribution in [-0.2, 0) is 12.2 Å². The van der Waals surface area contributed by atoms with Crippen molar-refractivity contribution in [2.75, 3.05) is 20.4 Å². The van der Waals surface area contributed by atoms with Gasteiger partial charge in [-0.25, -0.2) is 4.39 Å². The third-order valence-corrected chi connectivity index (χ3v) is 4.75. The molecule has 3 rings (SSSR count). The Morgan fingerprint density at radius 1 is 1.16 bits per heavy atom. The molecule has 0 amide bonds. The molecule has 1 aromatic heterocycles. The second kappa shape index (κ2) is 11.7. The second-order valence-corrected chi connectivity index (χ2v) is 8.97. The van der Waals surface area contributed by atoms with Gasteiger partial charge in [0.2, 0.25) is 0 Å². The summed E-state index contributed by atoms with van der Waals surface area (Å²) in [6.07, 6.45) is 1.70. The molecule has 0 aliphatic carbocycles. The molecule has 0 spiro atoms. The van der Waals surface area contributed by atoms with Gasteiger partial charge in [-0.15, -0.1) is 8.58 Å². The van der Waals surface area contributed by atoms with E-state index in [0.29, 0.717) is 17.8 Å². The molecule has 0 atom stereocenters. The third kappa shape index (κ3) is 7.42. The van der Waals surface area contributed by atoms with E-state index in [0.717, 1.165) is 36.8 Å². The summed E-state index contributed by atoms with van der Waals surface area (Å²) in [4.78, 5) is 4.44. The zero-order chi connectivity index (χ0) is 23.7. The average molecular weight is 454 g/mol. The molecular formula is C26H33FN3OP. The van der Waals surface area contributed by atoms with E-state index in [1.807, 2.05) is 54.1 Å². The highest BCUT2D eigenvalue weighted by atomic mass is 31.1. The lowest BCUT2D eigenvalue weighted by atomic mass is 9.98. The van der Waals surface area contributed by atoms with E-state index in [1.54, 1.807) is 39.3 Å². The zero-order valence-corrected chi connectivity index (χ0v) is 20.8. The van der Waals surface area contributed by atoms with E-state index in [-0.39, 0.29) is 0 Å². The maximum absolute atomic E-state index is 14.0. The van der Waals surface area contributed by atoms with Gasteiger partial charge in [0.1, 0.15) is 17.1 Å². The summed E-state index contributed by atoms with van der Waals surface area (Å²) in [6.45, 7) is 14.1. The standard InChI is InChI=1S/C24H26FN3O.C2H7P/c1-17-14-22(27-28(17)16-19-6-12-23(29-5)13-7-19)15-26-18(2)20-8-10-21(11-9-20)24(3,4)25;1-3-2/h6-15H,2,16H2,1,3-5H3;3H,1-2H3. The van der Waals surface area contributed by atoms with Crippen molar-refractivity contribution in [1.82, 2.24) is 9.78 Å². The van der Waals surface area contributed by atoms with Crippen LogP contribution < -0.4 is 4.74 Å². The van der Waals surface area contributed by atoms with Gasteiger partial charge < -0.3 is 4.74 Å². The Balaban J connectivity index is 0.00000114. The van der Waals surface area contributed by atoms with Gasteiger partial charge in [0.05, 0.1) is 25.6 Å². The molecule has 2 aromatic carbocycles. The van der Waals surface area contributed by atoms with Crippen molar-refractivity contribution < 1.29 is 9.13 Å². The predicted octanol–water partition coefficient (Wildman–Crippen LogP) is 6.47. The fraction of sp³-hybridized carbons (Fsp3) is 0.308. The summed E-state index contributed by atoms with van der Waals surface area (Å²) in [5.41, 5.74) is 3.67. The molecule has 32 heavy (non-hydrogen) atoms. The molecule has 0 N–H and O–H groups in total. The number of hydrogen-bond donors (Lipinski definition) is 0. The minimum Gasteiger partial charge on any atom is -0.497 e. The molecule has 0 saturated heterocycles. The second-order valence-electron chi connectivity index (χ2n) is 7.97. The predicted molar refractivity (Wildman–Crippen MR) is 136 cm³/mol. The minimum atomic E-state index is -1.36. The van der Waals surface area contributed by atoms with Gasteiger partial charge in [-0.2, -0.15) is 5.10 Å². The Morgan fingerprint density at radius 2 is 1.75 bits per heavy atom. The molecule has 0 radical (unpaired) electrons. The maximum atomic E-state index is 14.0. The Bertz CT molecular complexity index is 1030. The van der Waals surface area contributed by atoms with Crippen LogP contribution in [0.15, 0.2) is 66.2 Å². The number of aryl methyl sites for hydroxylation is 1. The average Bonchev–Trinajstić information content (AvgIpc) is 3.11. The first-order chi connectivity index (χ1) is 15.2. The molecule has 0 fully saturated rings. The smallest absolute Gasteiger partial charge is 0.130 e. The monoisotopic (exact) mass is 453 g/mol. The topological polar surface area (TPSA) is 39.4 Å². The lowest BCUT2D eigenvalue weighted by Crippen LogP contribution is -2.08. The largest absolute Gasteiger partial charge is 0.497 e. The van der Waals surface area contributed by atoms with Crippen LogP contribution in [0.2, 0.25) is 0 Å². The van der Waals surface area contributed by atoms with E-state index >= 15 is 0 Å². The van der Waals surface area contributed by atoms with Crippen molar-refractivity contribution in [2.45, 2.75) is 33.0 Å². The lowest BCUT2D eigenvalue weighted by Gasteiger charge is -2.14. The minimum absolute atomic E-state index is 0.607. The van der Waals surface area contributed by atoms with E-state index < -0.39 is 5.67 Å². The molecule has 3 aromatic rings. The molecule has 0 aliphatic heterocycles. The highest BCUT2D eigenvalue weighted by Gasteiger charge is 2.18. The third-order valence-electron chi connectivity index (χ3n) is 4.75. The molecular weight excluding hydrogens is 420 g/mol. The van der Waals surface area contributed by atoms with Crippen LogP contribution in [0, 0.1) is 6.92 Å². The van der Waals surface area contributed by atoms with Crippen LogP contribution in [0.4, 0.5) is 4.39 Å². The number of rotatable bonds is 7. The highest BCUT2D eigenvalue weighted by molar-refractivity contribution is 7.35. The van der Waals surface area contributed by atoms with Crippen LogP contribution in [0.3, 0.4) is 0 Å². The molecule has 6 heteroatoms. The van der Waals surface area contributed by atoms with Gasteiger partial charge in [-0.1, -0.05) is 43.0 Å². The summed E-state index contributed by atoms with van der Waals surface area (Å²) in [5.74, 6) is 0.834. The molecule has 0 saturated carbocycles. The number of alkyl halides is 1. The van der Waals surface area contributed by atoms with Crippen molar-refractivity contribution in [3.05, 3.63) is 89.3 Å². The first-order valence-corrected chi connectivity index (χ1v) is 12.5. The van der Waals surface area contributed by atoms with Crippen LogP contribution >= 0.6 is 8.58 Å². The zero-order valence-electron chi connectivity index (χ0n) is 19.8. The fourth-order valence-corrected chi connectivity index (χ4v) is 2.94. The van der Waals surface area contributed by atoms with Gasteiger partial charge in [-0.05, 0) is 69.0 Å². The van der Waals surface area contributed by atoms with Crippen molar-refractivity contribution in [1.29, 1.82) is 0 Å². The van der Waals surface area contributed by atoms with Gasteiger partial charge >= 0.3 is 0 Å². The lowest BCUT2D eigenvalue weighted by molar-refractivity contribution is 0.221. The quantitative estimate of drug-likeness (QED) is 0.304. The highest BCUT2D eigenvalue weighted by Crippen LogP contribution is 2.26. The Labute approximate surface area is 193 Å². The maximum Gasteiger partial charge on any atom is 0.130 e. The molecule has 170 valence electrons. The van der Waals surface area contributed by atoms with Gasteiger partial charge in [0.25, 0.3) is 0 Å². The Morgan fingerprint density at radius 3 is 2.28 bits per heavy atom. The number of aromatic nitrogens is 2. The number of ether oxygens (including phenoxy) is 1. The van der Waals surface area contributed by atoms with E-state index in [1.165, 1.54) is 0 Å². The Hall–Kier alpha value is -2.78.